The molecule has 0 spiro atoms. The van der Waals surface area contributed by atoms with Crippen LogP contribution < -0.4 is 5.32 Å². The van der Waals surface area contributed by atoms with Crippen LogP contribution in [0.4, 0.5) is 0 Å². The van der Waals surface area contributed by atoms with Crippen molar-refractivity contribution in [2.24, 2.45) is 5.92 Å². The van der Waals surface area contributed by atoms with E-state index in [0.29, 0.717) is 5.92 Å². The molecule has 0 amide bonds. The smallest absolute Gasteiger partial charge is 0.128 e. The van der Waals surface area contributed by atoms with Gasteiger partial charge < -0.3 is 10.1 Å². The number of nitrogens with zero attached hydrogens (tertiary/aromatic N) is 2. The highest BCUT2D eigenvalue weighted by atomic mass is 16.5. The molecule has 19 heavy (non-hydrogen) atoms. The van der Waals surface area contributed by atoms with E-state index in [2.05, 4.69) is 43.0 Å². The van der Waals surface area contributed by atoms with E-state index in [1.165, 1.54) is 5.56 Å². The van der Waals surface area contributed by atoms with Crippen LogP contribution in [-0.4, -0.2) is 30.2 Å². The second kappa shape index (κ2) is 8.23. The van der Waals surface area contributed by atoms with Gasteiger partial charge in [-0.1, -0.05) is 13.8 Å². The standard InChI is InChI=1S/C15H27N3O/c1-11(2)6-7-15-17-12(3)14(13(4)18-15)10-16-8-9-19-5/h11,16H,6-10H2,1-5H3. The zero-order chi connectivity index (χ0) is 14.3. The van der Waals surface area contributed by atoms with Gasteiger partial charge in [0.05, 0.1) is 6.61 Å². The van der Waals surface area contributed by atoms with Crippen molar-refractivity contribution in [3.63, 3.8) is 0 Å². The molecule has 0 aliphatic rings. The number of aromatic nitrogens is 2. The molecule has 0 saturated heterocycles. The third kappa shape index (κ3) is 5.66. The van der Waals surface area contributed by atoms with E-state index < -0.39 is 0 Å². The Kier molecular flexibility index (Phi) is 6.95. The molecule has 1 N–H and O–H groups in total. The van der Waals surface area contributed by atoms with Crippen molar-refractivity contribution in [1.29, 1.82) is 0 Å². The van der Waals surface area contributed by atoms with Gasteiger partial charge in [0, 0.05) is 43.6 Å². The minimum absolute atomic E-state index is 0.694. The van der Waals surface area contributed by atoms with Crippen LogP contribution in [0.15, 0.2) is 0 Å². The van der Waals surface area contributed by atoms with Gasteiger partial charge in [0.15, 0.2) is 0 Å². The van der Waals surface area contributed by atoms with E-state index >= 15 is 0 Å². The number of hydrogen-bond acceptors (Lipinski definition) is 4. The Morgan fingerprint density at radius 2 is 1.79 bits per heavy atom. The number of hydrogen-bond donors (Lipinski definition) is 1. The topological polar surface area (TPSA) is 47.0 Å². The first kappa shape index (κ1) is 16.1. The average molecular weight is 265 g/mol. The Balaban J connectivity index is 2.63. The summed E-state index contributed by atoms with van der Waals surface area (Å²) in [4.78, 5) is 9.24. The van der Waals surface area contributed by atoms with Gasteiger partial charge in [-0.15, -0.1) is 0 Å². The highest BCUT2D eigenvalue weighted by molar-refractivity contribution is 5.24. The summed E-state index contributed by atoms with van der Waals surface area (Å²) in [5.74, 6) is 1.67. The largest absolute Gasteiger partial charge is 0.383 e. The Morgan fingerprint density at radius 1 is 1.16 bits per heavy atom. The quantitative estimate of drug-likeness (QED) is 0.733. The zero-order valence-corrected chi connectivity index (χ0v) is 12.9. The molecule has 0 aliphatic heterocycles. The fraction of sp³-hybridized carbons (Fsp3) is 0.733. The van der Waals surface area contributed by atoms with Crippen LogP contribution in [0, 0.1) is 19.8 Å². The number of nitrogens with one attached hydrogen (secondary N) is 1. The van der Waals surface area contributed by atoms with Crippen molar-refractivity contribution in [1.82, 2.24) is 15.3 Å². The second-order valence-electron chi connectivity index (χ2n) is 5.39. The van der Waals surface area contributed by atoms with Gasteiger partial charge >= 0.3 is 0 Å². The van der Waals surface area contributed by atoms with Gasteiger partial charge in [-0.05, 0) is 26.2 Å². The fourth-order valence-corrected chi connectivity index (χ4v) is 1.98. The highest BCUT2D eigenvalue weighted by Crippen LogP contribution is 2.12. The van der Waals surface area contributed by atoms with Crippen LogP contribution in [0.3, 0.4) is 0 Å². The molecule has 0 aromatic carbocycles. The van der Waals surface area contributed by atoms with Crippen LogP contribution in [0.25, 0.3) is 0 Å². The summed E-state index contributed by atoms with van der Waals surface area (Å²) in [7, 11) is 1.71. The first-order valence-electron chi connectivity index (χ1n) is 7.07. The van der Waals surface area contributed by atoms with Crippen LogP contribution in [0.1, 0.15) is 43.0 Å². The Labute approximate surface area is 117 Å². The minimum atomic E-state index is 0.694. The predicted octanol–water partition coefficient (Wildman–Crippen LogP) is 2.42. The molecule has 1 heterocycles. The zero-order valence-electron chi connectivity index (χ0n) is 12.9. The maximum absolute atomic E-state index is 5.02. The maximum atomic E-state index is 5.02. The summed E-state index contributed by atoms with van der Waals surface area (Å²) in [6.07, 6.45) is 2.11. The van der Waals surface area contributed by atoms with Gasteiger partial charge in [-0.3, -0.25) is 0 Å². The fourth-order valence-electron chi connectivity index (χ4n) is 1.98. The van der Waals surface area contributed by atoms with Crippen molar-refractivity contribution >= 4 is 0 Å². The number of rotatable bonds is 8. The number of ether oxygens (including phenoxy) is 1. The lowest BCUT2D eigenvalue weighted by Crippen LogP contribution is -2.21. The van der Waals surface area contributed by atoms with Gasteiger partial charge in [0.1, 0.15) is 5.82 Å². The van der Waals surface area contributed by atoms with Crippen molar-refractivity contribution < 1.29 is 4.74 Å². The molecule has 0 aliphatic carbocycles. The first-order chi connectivity index (χ1) is 9.04. The SMILES string of the molecule is COCCNCc1c(C)nc(CCC(C)C)nc1C. The van der Waals surface area contributed by atoms with Crippen LogP contribution in [0.2, 0.25) is 0 Å². The molecule has 1 aromatic heterocycles. The van der Waals surface area contributed by atoms with Crippen molar-refractivity contribution in [3.05, 3.63) is 22.8 Å². The van der Waals surface area contributed by atoms with E-state index in [1.807, 2.05) is 0 Å². The van der Waals surface area contributed by atoms with Gasteiger partial charge in [-0.2, -0.15) is 0 Å². The van der Waals surface area contributed by atoms with Crippen LogP contribution in [-0.2, 0) is 17.7 Å². The molecule has 4 heteroatoms. The maximum Gasteiger partial charge on any atom is 0.128 e. The summed E-state index contributed by atoms with van der Waals surface area (Å²) >= 11 is 0. The summed E-state index contributed by atoms with van der Waals surface area (Å²) in [6.45, 7) is 11.0. The molecule has 0 unspecified atom stereocenters. The van der Waals surface area contributed by atoms with Crippen molar-refractivity contribution in [3.8, 4) is 0 Å². The molecule has 1 rings (SSSR count). The summed E-state index contributed by atoms with van der Waals surface area (Å²) in [5, 5.41) is 3.35. The second-order valence-corrected chi connectivity index (χ2v) is 5.39. The average Bonchev–Trinajstić information content (AvgIpc) is 2.34. The lowest BCUT2D eigenvalue weighted by atomic mass is 10.1. The van der Waals surface area contributed by atoms with E-state index in [9.17, 15) is 0 Å². The monoisotopic (exact) mass is 265 g/mol. The molecule has 0 radical (unpaired) electrons. The van der Waals surface area contributed by atoms with Crippen molar-refractivity contribution in [2.75, 3.05) is 20.3 Å². The normalized spacial score (nSPS) is 11.3. The predicted molar refractivity (Wildman–Crippen MR) is 78.2 cm³/mol. The number of methoxy groups -OCH3 is 1. The third-order valence-corrected chi connectivity index (χ3v) is 3.20. The van der Waals surface area contributed by atoms with Gasteiger partial charge in [0.25, 0.3) is 0 Å². The molecule has 0 atom stereocenters. The molecule has 1 aromatic rings. The Hall–Kier alpha value is -1.00. The summed E-state index contributed by atoms with van der Waals surface area (Å²) in [5.41, 5.74) is 3.40. The van der Waals surface area contributed by atoms with E-state index in [1.54, 1.807) is 7.11 Å². The molecule has 0 fully saturated rings. The van der Waals surface area contributed by atoms with E-state index in [0.717, 1.165) is 49.8 Å². The first-order valence-corrected chi connectivity index (χ1v) is 7.07. The van der Waals surface area contributed by atoms with Crippen LogP contribution in [0.5, 0.6) is 0 Å². The molecular weight excluding hydrogens is 238 g/mol. The highest BCUT2D eigenvalue weighted by Gasteiger charge is 2.08. The molecule has 0 saturated carbocycles. The molecule has 0 bridgehead atoms. The van der Waals surface area contributed by atoms with Crippen molar-refractivity contribution in [2.45, 2.75) is 47.1 Å². The lowest BCUT2D eigenvalue weighted by Gasteiger charge is -2.12. The molecule has 4 nitrogen and oxygen atoms in total. The van der Waals surface area contributed by atoms with E-state index in [-0.39, 0.29) is 0 Å². The number of aryl methyl sites for hydroxylation is 3. The summed E-state index contributed by atoms with van der Waals surface area (Å²) in [6, 6.07) is 0. The van der Waals surface area contributed by atoms with Gasteiger partial charge in [0.2, 0.25) is 0 Å². The third-order valence-electron chi connectivity index (χ3n) is 3.20. The Bertz CT molecular complexity index is 368. The Morgan fingerprint density at radius 3 is 2.32 bits per heavy atom. The molecule has 108 valence electrons. The van der Waals surface area contributed by atoms with Crippen LogP contribution >= 0.6 is 0 Å². The summed E-state index contributed by atoms with van der Waals surface area (Å²) < 4.78 is 5.02. The minimum Gasteiger partial charge on any atom is -0.383 e. The lowest BCUT2D eigenvalue weighted by molar-refractivity contribution is 0.199. The van der Waals surface area contributed by atoms with Gasteiger partial charge in [-0.25, -0.2) is 9.97 Å². The molecular formula is C15H27N3O. The van der Waals surface area contributed by atoms with E-state index in [4.69, 9.17) is 4.74 Å².